The van der Waals surface area contributed by atoms with Gasteiger partial charge in [-0.25, -0.2) is 4.98 Å². The zero-order valence-electron chi connectivity index (χ0n) is 29.3. The van der Waals surface area contributed by atoms with Gasteiger partial charge >= 0.3 is 0 Å². The second-order valence-electron chi connectivity index (χ2n) is 11.7. The Hall–Kier alpha value is -4.63. The van der Waals surface area contributed by atoms with E-state index < -0.39 is 13.7 Å². The zero-order chi connectivity index (χ0) is 33.2. The van der Waals surface area contributed by atoms with Crippen molar-refractivity contribution in [3.63, 3.8) is 0 Å². The Kier molecular flexibility index (Phi) is 5.04. The number of aromatic nitrogens is 2. The van der Waals surface area contributed by atoms with Crippen molar-refractivity contribution in [3.8, 4) is 28.2 Å². The Bertz CT molecular complexity index is 2250. The van der Waals surface area contributed by atoms with Crippen LogP contribution in [0, 0.1) is 13.7 Å². The van der Waals surface area contributed by atoms with Gasteiger partial charge in [0.25, 0.3) is 0 Å². The monoisotopic (exact) mass is 553 g/mol. The van der Waals surface area contributed by atoms with Crippen molar-refractivity contribution in [3.05, 3.63) is 119 Å². The molecule has 0 bridgehead atoms. The highest BCUT2D eigenvalue weighted by Gasteiger charge is 2.25. The molecule has 0 aliphatic carbocycles. The third kappa shape index (κ3) is 4.15. The van der Waals surface area contributed by atoms with Crippen molar-refractivity contribution in [1.29, 1.82) is 0 Å². The molecule has 0 fully saturated rings. The van der Waals surface area contributed by atoms with Gasteiger partial charge in [-0.1, -0.05) is 88.4 Å². The van der Waals surface area contributed by atoms with Crippen LogP contribution in [0.5, 0.6) is 0 Å². The molecule has 0 aliphatic heterocycles. The number of furan rings is 1. The highest BCUT2D eigenvalue weighted by atomic mass is 16.3. The lowest BCUT2D eigenvalue weighted by Gasteiger charge is -2.24. The first-order valence-corrected chi connectivity index (χ1v) is 14.5. The van der Waals surface area contributed by atoms with Gasteiger partial charge in [0.2, 0.25) is 0 Å². The maximum absolute atomic E-state index is 8.35. The molecule has 0 N–H and O–H groups in total. The summed E-state index contributed by atoms with van der Waals surface area (Å²) in [6, 6.07) is 31.7. The summed E-state index contributed by atoms with van der Waals surface area (Å²) in [5, 5.41) is 1.31. The van der Waals surface area contributed by atoms with E-state index in [2.05, 4.69) is 74.7 Å². The smallest absolute Gasteiger partial charge is 0.149 e. The van der Waals surface area contributed by atoms with E-state index in [4.69, 9.17) is 16.3 Å². The van der Waals surface area contributed by atoms with Crippen LogP contribution in [0.3, 0.4) is 0 Å². The predicted molar refractivity (Wildman–Crippen MR) is 177 cm³/mol. The maximum Gasteiger partial charge on any atom is 0.149 e. The number of hydrogen-bond donors (Lipinski definition) is 0. The zero-order valence-corrected chi connectivity index (χ0v) is 24.3. The van der Waals surface area contributed by atoms with Gasteiger partial charge < -0.3 is 4.42 Å². The normalized spacial score (nSPS) is 14.1. The van der Waals surface area contributed by atoms with Gasteiger partial charge in [-0.05, 0) is 95.3 Å². The van der Waals surface area contributed by atoms with Crippen molar-refractivity contribution in [2.75, 3.05) is 0 Å². The van der Waals surface area contributed by atoms with E-state index in [1.54, 1.807) is 18.2 Å². The molecule has 0 unspecified atom stereocenters. The first-order valence-electron chi connectivity index (χ1n) is 17.1. The van der Waals surface area contributed by atoms with Crippen LogP contribution >= 0.6 is 0 Å². The minimum Gasteiger partial charge on any atom is -0.455 e. The second kappa shape index (κ2) is 10.0. The van der Waals surface area contributed by atoms with Crippen LogP contribution in [-0.2, 0) is 0 Å². The molecule has 3 nitrogen and oxygen atoms in total. The molecule has 0 spiro atoms. The molecule has 5 aromatic carbocycles. The summed E-state index contributed by atoms with van der Waals surface area (Å²) >= 11 is 0. The second-order valence-corrected chi connectivity index (χ2v) is 11.7. The summed E-state index contributed by atoms with van der Waals surface area (Å²) in [6.07, 6.45) is 0. The first-order chi connectivity index (χ1) is 22.4. The van der Waals surface area contributed by atoms with Gasteiger partial charge in [0, 0.05) is 17.6 Å². The summed E-state index contributed by atoms with van der Waals surface area (Å²) in [7, 11) is 0. The number of aryl methyl sites for hydroxylation is 2. The lowest BCUT2D eigenvalue weighted by atomic mass is 9.88. The maximum atomic E-state index is 8.35. The van der Waals surface area contributed by atoms with Crippen molar-refractivity contribution in [2.24, 2.45) is 0 Å². The van der Waals surface area contributed by atoms with E-state index in [0.717, 1.165) is 22.3 Å². The van der Waals surface area contributed by atoms with Gasteiger partial charge in [0.1, 0.15) is 17.0 Å². The Morgan fingerprint density at radius 2 is 1.50 bits per heavy atom. The fourth-order valence-electron chi connectivity index (χ4n) is 6.13. The summed E-state index contributed by atoms with van der Waals surface area (Å²) in [5.74, 6) is 1.07. The number of imidazole rings is 1. The van der Waals surface area contributed by atoms with Crippen LogP contribution < -0.4 is 0 Å². The summed E-state index contributed by atoms with van der Waals surface area (Å²) in [4.78, 5) is 5.21. The molecule has 208 valence electrons. The van der Waals surface area contributed by atoms with Gasteiger partial charge in [-0.15, -0.1) is 0 Å². The summed E-state index contributed by atoms with van der Waals surface area (Å²) in [6.45, 7) is 5.30. The van der Waals surface area contributed by atoms with Crippen LogP contribution in [0.4, 0.5) is 0 Å². The number of hydrogen-bond acceptors (Lipinski definition) is 2. The average Bonchev–Trinajstić information content (AvgIpc) is 3.62. The molecule has 7 aromatic rings. The molecule has 0 aliphatic rings. The standard InChI is InChI=1S/C39H36N2O/c1-23(2)31-21-28(27-12-8-7-9-13-27)22-32(24(3)4)37(31)41-34-15-11-10-14-33(34)40-39(41)30-19-17-26(6)36-29-18-16-25(5)20-35(29)42-38(30)36/h7-24H,1-6H3/i5D3,6D2. The predicted octanol–water partition coefficient (Wildman–Crippen LogP) is 11.1. The number of rotatable bonds is 5. The SMILES string of the molecule is [2H]C([2H])c1ccc(-c2nc3ccccc3n2-c2c(C(C)C)cc(-c3ccccc3)cc2C(C)C)c2oc3cc(C([2H])([2H])[2H])ccc3c12. The number of nitrogens with zero attached hydrogens (tertiary/aromatic N) is 2. The van der Waals surface area contributed by atoms with Crippen LogP contribution in [0.1, 0.15) is 68.6 Å². The molecule has 0 radical (unpaired) electrons. The first kappa shape index (κ1) is 21.1. The molecule has 0 amide bonds. The minimum absolute atomic E-state index is 0.175. The molecule has 0 atom stereocenters. The van der Waals surface area contributed by atoms with E-state index in [1.807, 2.05) is 36.4 Å². The van der Waals surface area contributed by atoms with Crippen molar-refractivity contribution in [1.82, 2.24) is 9.55 Å². The fourth-order valence-corrected chi connectivity index (χ4v) is 6.13. The van der Waals surface area contributed by atoms with Crippen LogP contribution in [0.15, 0.2) is 101 Å². The molecule has 42 heavy (non-hydrogen) atoms. The van der Waals surface area contributed by atoms with Crippen molar-refractivity contribution >= 4 is 33.0 Å². The van der Waals surface area contributed by atoms with E-state index in [-0.39, 0.29) is 17.4 Å². The Labute approximate surface area is 254 Å². The molecule has 0 saturated carbocycles. The molecule has 2 aromatic heterocycles. The van der Waals surface area contributed by atoms with E-state index >= 15 is 0 Å². The van der Waals surface area contributed by atoms with E-state index in [9.17, 15) is 0 Å². The lowest BCUT2D eigenvalue weighted by Crippen LogP contribution is -2.09. The fraction of sp³-hybridized carbons (Fsp3) is 0.205. The average molecular weight is 554 g/mol. The highest BCUT2D eigenvalue weighted by molar-refractivity contribution is 6.11. The van der Waals surface area contributed by atoms with Gasteiger partial charge in [-0.3, -0.25) is 4.57 Å². The summed E-state index contributed by atoms with van der Waals surface area (Å²) in [5.41, 5.74) is 9.84. The van der Waals surface area contributed by atoms with Crippen LogP contribution in [0.25, 0.3) is 61.2 Å². The molecule has 7 rings (SSSR count). The Morgan fingerprint density at radius 1 is 0.762 bits per heavy atom. The number of benzene rings is 5. The molecule has 2 heterocycles. The lowest BCUT2D eigenvalue weighted by molar-refractivity contribution is 0.669. The van der Waals surface area contributed by atoms with Gasteiger partial charge in [0.05, 0.1) is 22.3 Å². The minimum atomic E-state index is -2.30. The third-order valence-corrected chi connectivity index (χ3v) is 8.20. The van der Waals surface area contributed by atoms with E-state index in [0.29, 0.717) is 38.9 Å². The van der Waals surface area contributed by atoms with Crippen molar-refractivity contribution < 1.29 is 11.3 Å². The van der Waals surface area contributed by atoms with Crippen LogP contribution in [-0.4, -0.2) is 9.55 Å². The van der Waals surface area contributed by atoms with E-state index in [1.165, 1.54) is 16.7 Å². The molecular formula is C39H36N2O. The van der Waals surface area contributed by atoms with Crippen molar-refractivity contribution in [2.45, 2.75) is 53.3 Å². The topological polar surface area (TPSA) is 31.0 Å². The number of fused-ring (bicyclic) bond motifs is 4. The largest absolute Gasteiger partial charge is 0.455 e. The molecule has 3 heteroatoms. The number of para-hydroxylation sites is 2. The van der Waals surface area contributed by atoms with Gasteiger partial charge in [0.15, 0.2) is 0 Å². The highest BCUT2D eigenvalue weighted by Crippen LogP contribution is 2.43. The van der Waals surface area contributed by atoms with Crippen LogP contribution in [0.2, 0.25) is 0 Å². The molecule has 0 saturated heterocycles. The summed E-state index contributed by atoms with van der Waals surface area (Å²) < 4.78 is 49.3. The van der Waals surface area contributed by atoms with Gasteiger partial charge in [-0.2, -0.15) is 0 Å². The third-order valence-electron chi connectivity index (χ3n) is 8.20. The quantitative estimate of drug-likeness (QED) is 0.212. The Morgan fingerprint density at radius 3 is 2.21 bits per heavy atom. The molecular weight excluding hydrogens is 512 g/mol. The Balaban J connectivity index is 1.59.